The van der Waals surface area contributed by atoms with Crippen molar-refractivity contribution in [2.75, 3.05) is 30.2 Å². The molecule has 4 rings (SSSR count). The van der Waals surface area contributed by atoms with Crippen LogP contribution in [0.2, 0.25) is 0 Å². The fourth-order valence-corrected chi connectivity index (χ4v) is 4.90. The lowest BCUT2D eigenvalue weighted by atomic mass is 9.82. The number of piperidine rings is 1. The summed E-state index contributed by atoms with van der Waals surface area (Å²) in [6.07, 6.45) is 1.15. The Hall–Kier alpha value is -0.750. The number of fused-ring (bicyclic) bond motifs is 5. The third kappa shape index (κ3) is 1.80. The second kappa shape index (κ2) is 4.91. The molecule has 3 heterocycles. The molecule has 4 nitrogen and oxygen atoms in total. The molecule has 5 heteroatoms. The van der Waals surface area contributed by atoms with Crippen LogP contribution >= 0.6 is 11.8 Å². The standard InChI is InChI=1S/C15H21N3OS/c1-17-13-5-3-2-4-10(13)11-6-7-18-15(14(11)17)12(16)8-20-9-19-18/h2-5,11-12,14-15H,6-9,16H2,1H3/t11?,12-,14?,15-/m1/s1. The van der Waals surface area contributed by atoms with Gasteiger partial charge in [0.1, 0.15) is 5.94 Å². The van der Waals surface area contributed by atoms with Gasteiger partial charge in [-0.05, 0) is 18.1 Å². The first-order valence-electron chi connectivity index (χ1n) is 7.32. The molecule has 0 aliphatic carbocycles. The summed E-state index contributed by atoms with van der Waals surface area (Å²) < 4.78 is 0. The molecule has 1 aromatic rings. The molecule has 2 N–H and O–H groups in total. The molecule has 3 aliphatic rings. The minimum absolute atomic E-state index is 0.173. The van der Waals surface area contributed by atoms with Crippen molar-refractivity contribution < 1.29 is 4.84 Å². The lowest BCUT2D eigenvalue weighted by Crippen LogP contribution is -2.62. The van der Waals surface area contributed by atoms with E-state index in [1.165, 1.54) is 11.3 Å². The fourth-order valence-electron chi connectivity index (χ4n) is 4.12. The highest BCUT2D eigenvalue weighted by atomic mass is 32.2. The number of hydroxylamine groups is 2. The number of para-hydroxylation sites is 1. The number of nitrogens with two attached hydrogens (primary N) is 1. The molecule has 1 aromatic carbocycles. The Kier molecular flexibility index (Phi) is 3.18. The lowest BCUT2D eigenvalue weighted by molar-refractivity contribution is -0.187. The van der Waals surface area contributed by atoms with Crippen LogP contribution < -0.4 is 10.6 Å². The molecule has 4 atom stereocenters. The van der Waals surface area contributed by atoms with Crippen molar-refractivity contribution in [3.05, 3.63) is 29.8 Å². The maximum atomic E-state index is 6.47. The van der Waals surface area contributed by atoms with Gasteiger partial charge >= 0.3 is 0 Å². The van der Waals surface area contributed by atoms with Gasteiger partial charge in [-0.3, -0.25) is 4.84 Å². The molecule has 20 heavy (non-hydrogen) atoms. The van der Waals surface area contributed by atoms with E-state index in [1.54, 1.807) is 11.8 Å². The van der Waals surface area contributed by atoms with Gasteiger partial charge in [-0.15, -0.1) is 11.8 Å². The highest BCUT2D eigenvalue weighted by Gasteiger charge is 2.49. The molecule has 2 saturated heterocycles. The molecule has 2 unspecified atom stereocenters. The summed E-state index contributed by atoms with van der Waals surface area (Å²) in [5, 5.41) is 2.16. The van der Waals surface area contributed by atoms with Gasteiger partial charge in [0.2, 0.25) is 0 Å². The summed E-state index contributed by atoms with van der Waals surface area (Å²) in [5.74, 6) is 2.31. The van der Waals surface area contributed by atoms with E-state index in [2.05, 4.69) is 41.3 Å². The summed E-state index contributed by atoms with van der Waals surface area (Å²) in [4.78, 5) is 8.35. The van der Waals surface area contributed by atoms with Crippen molar-refractivity contribution in [2.45, 2.75) is 30.5 Å². The third-order valence-corrected chi connectivity index (χ3v) is 5.86. The second-order valence-corrected chi connectivity index (χ2v) is 6.95. The normalized spacial score (nSPS) is 37.0. The fraction of sp³-hybridized carbons (Fsp3) is 0.600. The van der Waals surface area contributed by atoms with Crippen molar-refractivity contribution in [2.24, 2.45) is 5.73 Å². The molecule has 0 saturated carbocycles. The summed E-state index contributed by atoms with van der Waals surface area (Å²) in [6, 6.07) is 9.70. The molecule has 0 radical (unpaired) electrons. The SMILES string of the molecule is CN1c2ccccc2C2CCN3OCSC[C@@H](N)[C@@H]3C21. The molecular weight excluding hydrogens is 270 g/mol. The Balaban J connectivity index is 1.74. The summed E-state index contributed by atoms with van der Waals surface area (Å²) in [7, 11) is 2.21. The molecule has 108 valence electrons. The first-order chi connectivity index (χ1) is 9.77. The van der Waals surface area contributed by atoms with E-state index in [0.29, 0.717) is 18.0 Å². The van der Waals surface area contributed by atoms with Crippen molar-refractivity contribution in [1.82, 2.24) is 5.06 Å². The van der Waals surface area contributed by atoms with E-state index < -0.39 is 0 Å². The van der Waals surface area contributed by atoms with Crippen LogP contribution in [0.4, 0.5) is 5.69 Å². The Morgan fingerprint density at radius 1 is 1.30 bits per heavy atom. The zero-order valence-corrected chi connectivity index (χ0v) is 12.6. The predicted molar refractivity (Wildman–Crippen MR) is 82.9 cm³/mol. The average molecular weight is 291 g/mol. The molecule has 2 fully saturated rings. The third-order valence-electron chi connectivity index (χ3n) is 4.97. The first-order valence-corrected chi connectivity index (χ1v) is 8.47. The Morgan fingerprint density at radius 2 is 2.15 bits per heavy atom. The number of hydrogen-bond acceptors (Lipinski definition) is 5. The summed E-state index contributed by atoms with van der Waals surface area (Å²) in [6.45, 7) is 0.988. The zero-order valence-electron chi connectivity index (χ0n) is 11.7. The van der Waals surface area contributed by atoms with Crippen LogP contribution in [-0.2, 0) is 4.84 Å². The number of likely N-dealkylation sites (N-methyl/N-ethyl adjacent to an activating group) is 1. The largest absolute Gasteiger partial charge is 0.369 e. The average Bonchev–Trinajstić information content (AvgIpc) is 2.64. The molecule has 3 aliphatic heterocycles. The topological polar surface area (TPSA) is 41.7 Å². The molecule has 0 amide bonds. The highest BCUT2D eigenvalue weighted by molar-refractivity contribution is 7.99. The van der Waals surface area contributed by atoms with Crippen LogP contribution in [0.3, 0.4) is 0 Å². The van der Waals surface area contributed by atoms with Gasteiger partial charge < -0.3 is 10.6 Å². The Bertz CT molecular complexity index is 512. The van der Waals surface area contributed by atoms with E-state index in [0.717, 1.165) is 24.7 Å². The minimum Gasteiger partial charge on any atom is -0.369 e. The molecule has 0 spiro atoms. The number of anilines is 1. The number of thioether (sulfide) groups is 1. The quantitative estimate of drug-likeness (QED) is 0.787. The van der Waals surface area contributed by atoms with Crippen LogP contribution in [0.15, 0.2) is 24.3 Å². The van der Waals surface area contributed by atoms with E-state index in [-0.39, 0.29) is 6.04 Å². The lowest BCUT2D eigenvalue weighted by Gasteiger charge is -2.45. The van der Waals surface area contributed by atoms with E-state index in [4.69, 9.17) is 10.6 Å². The van der Waals surface area contributed by atoms with Crippen molar-refractivity contribution >= 4 is 17.4 Å². The zero-order chi connectivity index (χ0) is 13.7. The van der Waals surface area contributed by atoms with Gasteiger partial charge in [0.05, 0.1) is 12.1 Å². The van der Waals surface area contributed by atoms with Crippen LogP contribution in [0, 0.1) is 0 Å². The number of rotatable bonds is 0. The second-order valence-electron chi connectivity index (χ2n) is 5.97. The van der Waals surface area contributed by atoms with E-state index >= 15 is 0 Å². The maximum absolute atomic E-state index is 6.47. The van der Waals surface area contributed by atoms with Crippen LogP contribution in [-0.4, -0.2) is 48.5 Å². The van der Waals surface area contributed by atoms with Gasteiger partial charge in [0.25, 0.3) is 0 Å². The number of nitrogens with zero attached hydrogens (tertiary/aromatic N) is 2. The number of hydrogen-bond donors (Lipinski definition) is 1. The van der Waals surface area contributed by atoms with Crippen molar-refractivity contribution in [3.63, 3.8) is 0 Å². The van der Waals surface area contributed by atoms with Gasteiger partial charge in [-0.1, -0.05) is 18.2 Å². The van der Waals surface area contributed by atoms with Gasteiger partial charge in [-0.25, -0.2) is 0 Å². The van der Waals surface area contributed by atoms with Gasteiger partial charge in [0, 0.05) is 37.0 Å². The minimum atomic E-state index is 0.173. The molecule has 0 bridgehead atoms. The Morgan fingerprint density at radius 3 is 3.05 bits per heavy atom. The van der Waals surface area contributed by atoms with Gasteiger partial charge in [0.15, 0.2) is 0 Å². The molecule has 0 aromatic heterocycles. The number of benzene rings is 1. The van der Waals surface area contributed by atoms with Crippen LogP contribution in [0.1, 0.15) is 17.9 Å². The van der Waals surface area contributed by atoms with E-state index in [9.17, 15) is 0 Å². The smallest absolute Gasteiger partial charge is 0.114 e. The van der Waals surface area contributed by atoms with Crippen molar-refractivity contribution in [1.29, 1.82) is 0 Å². The predicted octanol–water partition coefficient (Wildman–Crippen LogP) is 1.63. The highest BCUT2D eigenvalue weighted by Crippen LogP contribution is 2.47. The maximum Gasteiger partial charge on any atom is 0.114 e. The van der Waals surface area contributed by atoms with Crippen LogP contribution in [0.25, 0.3) is 0 Å². The van der Waals surface area contributed by atoms with Gasteiger partial charge in [-0.2, -0.15) is 5.06 Å². The Labute approximate surface area is 124 Å². The monoisotopic (exact) mass is 291 g/mol. The molecular formula is C15H21N3OS. The first kappa shape index (κ1) is 13.0. The van der Waals surface area contributed by atoms with Crippen LogP contribution in [0.5, 0.6) is 0 Å². The van der Waals surface area contributed by atoms with E-state index in [1.807, 2.05) is 0 Å². The van der Waals surface area contributed by atoms with Crippen molar-refractivity contribution in [3.8, 4) is 0 Å². The summed E-state index contributed by atoms with van der Waals surface area (Å²) >= 11 is 1.80. The summed E-state index contributed by atoms with van der Waals surface area (Å²) in [5.41, 5.74) is 9.33.